The molecule has 3 heterocycles. The highest BCUT2D eigenvalue weighted by Crippen LogP contribution is 2.24. The molecule has 0 spiro atoms. The van der Waals surface area contributed by atoms with E-state index in [9.17, 15) is 4.79 Å². The fourth-order valence-electron chi connectivity index (χ4n) is 3.08. The van der Waals surface area contributed by atoms with Gasteiger partial charge in [0.25, 0.3) is 0 Å². The summed E-state index contributed by atoms with van der Waals surface area (Å²) in [5, 5.41) is 15.6. The summed E-state index contributed by atoms with van der Waals surface area (Å²) in [6.07, 6.45) is 4.23. The summed E-state index contributed by atoms with van der Waals surface area (Å²) in [7, 11) is 0. The molecular formula is C18H21N7OS. The van der Waals surface area contributed by atoms with Crippen molar-refractivity contribution >= 4 is 17.2 Å². The van der Waals surface area contributed by atoms with Crippen molar-refractivity contribution in [3.8, 4) is 10.6 Å². The molecule has 27 heavy (non-hydrogen) atoms. The number of likely N-dealkylation sites (tertiary alicyclic amines) is 1. The highest BCUT2D eigenvalue weighted by Gasteiger charge is 2.17. The molecule has 140 valence electrons. The first-order valence-electron chi connectivity index (χ1n) is 9.02. The Kier molecular flexibility index (Phi) is 5.50. The van der Waals surface area contributed by atoms with Gasteiger partial charge in [0, 0.05) is 16.6 Å². The second-order valence-electron chi connectivity index (χ2n) is 6.51. The molecule has 1 aliphatic rings. The standard InChI is InChI=1S/C18H21N7OS/c26-17(13-25-16(21-22-23-25)12-24-8-4-5-9-24)19-10-15-11-20-18(27-15)14-6-2-1-3-7-14/h1-3,6-7,11H,4-5,8-10,12-13H2,(H,19,26). The molecule has 1 saturated heterocycles. The van der Waals surface area contributed by atoms with E-state index in [0.717, 1.165) is 34.4 Å². The molecule has 1 aromatic carbocycles. The van der Waals surface area contributed by atoms with Crippen molar-refractivity contribution in [1.82, 2.24) is 35.4 Å². The Morgan fingerprint density at radius 3 is 2.81 bits per heavy atom. The molecule has 1 aliphatic heterocycles. The molecule has 0 unspecified atom stereocenters. The lowest BCUT2D eigenvalue weighted by molar-refractivity contribution is -0.122. The number of carbonyl (C=O) groups excluding carboxylic acids is 1. The zero-order valence-corrected chi connectivity index (χ0v) is 15.7. The zero-order chi connectivity index (χ0) is 18.5. The topological polar surface area (TPSA) is 88.8 Å². The maximum absolute atomic E-state index is 12.3. The Balaban J connectivity index is 1.30. The molecule has 8 nitrogen and oxygen atoms in total. The van der Waals surface area contributed by atoms with E-state index in [1.807, 2.05) is 36.5 Å². The molecule has 0 radical (unpaired) electrons. The van der Waals surface area contributed by atoms with Gasteiger partial charge in [-0.1, -0.05) is 30.3 Å². The third-order valence-corrected chi connectivity index (χ3v) is 5.54. The van der Waals surface area contributed by atoms with Gasteiger partial charge in [-0.15, -0.1) is 16.4 Å². The van der Waals surface area contributed by atoms with Crippen LogP contribution in [0.1, 0.15) is 23.5 Å². The van der Waals surface area contributed by atoms with Crippen LogP contribution in [-0.4, -0.2) is 49.1 Å². The molecule has 1 amide bonds. The fourth-order valence-corrected chi connectivity index (χ4v) is 3.94. The summed E-state index contributed by atoms with van der Waals surface area (Å²) in [6, 6.07) is 10.0. The lowest BCUT2D eigenvalue weighted by atomic mass is 10.2. The third-order valence-electron chi connectivity index (χ3n) is 4.50. The van der Waals surface area contributed by atoms with Crippen LogP contribution in [0.25, 0.3) is 10.6 Å². The normalized spacial score (nSPS) is 14.5. The molecule has 1 fully saturated rings. The van der Waals surface area contributed by atoms with Crippen LogP contribution in [0.15, 0.2) is 36.5 Å². The van der Waals surface area contributed by atoms with Gasteiger partial charge in [-0.05, 0) is 36.4 Å². The van der Waals surface area contributed by atoms with E-state index in [-0.39, 0.29) is 12.5 Å². The number of aromatic nitrogens is 5. The summed E-state index contributed by atoms with van der Waals surface area (Å²) in [5.41, 5.74) is 1.08. The summed E-state index contributed by atoms with van der Waals surface area (Å²) in [4.78, 5) is 20.0. The van der Waals surface area contributed by atoms with Crippen LogP contribution in [0, 0.1) is 0 Å². The number of nitrogens with one attached hydrogen (secondary N) is 1. The van der Waals surface area contributed by atoms with Crippen LogP contribution in [0.5, 0.6) is 0 Å². The van der Waals surface area contributed by atoms with Gasteiger partial charge in [-0.3, -0.25) is 9.69 Å². The quantitative estimate of drug-likeness (QED) is 0.668. The first-order chi connectivity index (χ1) is 13.3. The van der Waals surface area contributed by atoms with Gasteiger partial charge in [0.15, 0.2) is 5.82 Å². The molecule has 0 aliphatic carbocycles. The molecule has 0 saturated carbocycles. The molecular weight excluding hydrogens is 362 g/mol. The van der Waals surface area contributed by atoms with Gasteiger partial charge in [0.05, 0.1) is 13.1 Å². The third kappa shape index (κ3) is 4.55. The Bertz CT molecular complexity index is 886. The minimum absolute atomic E-state index is 0.111. The smallest absolute Gasteiger partial charge is 0.242 e. The number of carbonyl (C=O) groups is 1. The Morgan fingerprint density at radius 1 is 1.19 bits per heavy atom. The largest absolute Gasteiger partial charge is 0.350 e. The summed E-state index contributed by atoms with van der Waals surface area (Å²) in [5.74, 6) is 0.621. The lowest BCUT2D eigenvalue weighted by Crippen LogP contribution is -2.29. The minimum Gasteiger partial charge on any atom is -0.350 e. The summed E-state index contributed by atoms with van der Waals surface area (Å²) >= 11 is 1.58. The van der Waals surface area contributed by atoms with Gasteiger partial charge >= 0.3 is 0 Å². The van der Waals surface area contributed by atoms with Crippen molar-refractivity contribution in [2.45, 2.75) is 32.5 Å². The number of amides is 1. The van der Waals surface area contributed by atoms with Crippen LogP contribution in [-0.2, 0) is 24.4 Å². The minimum atomic E-state index is -0.111. The van der Waals surface area contributed by atoms with Crippen molar-refractivity contribution < 1.29 is 4.79 Å². The maximum atomic E-state index is 12.3. The fraction of sp³-hybridized carbons (Fsp3) is 0.389. The predicted molar refractivity (Wildman–Crippen MR) is 102 cm³/mol. The average Bonchev–Trinajstić information content (AvgIpc) is 3.44. The van der Waals surface area contributed by atoms with E-state index in [0.29, 0.717) is 13.1 Å². The average molecular weight is 383 g/mol. The molecule has 2 aromatic heterocycles. The number of hydrogen-bond acceptors (Lipinski definition) is 7. The van der Waals surface area contributed by atoms with Crippen LogP contribution < -0.4 is 5.32 Å². The Hall–Kier alpha value is -2.65. The van der Waals surface area contributed by atoms with Gasteiger partial charge in [0.1, 0.15) is 11.6 Å². The van der Waals surface area contributed by atoms with Crippen LogP contribution in [0.2, 0.25) is 0 Å². The number of tetrazole rings is 1. The summed E-state index contributed by atoms with van der Waals surface area (Å²) < 4.78 is 1.58. The van der Waals surface area contributed by atoms with Crippen molar-refractivity contribution in [3.63, 3.8) is 0 Å². The van der Waals surface area contributed by atoms with Gasteiger partial charge in [-0.2, -0.15) is 0 Å². The van der Waals surface area contributed by atoms with E-state index in [1.165, 1.54) is 12.8 Å². The molecule has 1 N–H and O–H groups in total. The van der Waals surface area contributed by atoms with Gasteiger partial charge in [0.2, 0.25) is 5.91 Å². The van der Waals surface area contributed by atoms with Gasteiger partial charge in [-0.25, -0.2) is 9.67 Å². The second kappa shape index (κ2) is 8.36. The number of thiazole rings is 1. The van der Waals surface area contributed by atoms with Crippen molar-refractivity contribution in [2.24, 2.45) is 0 Å². The van der Waals surface area contributed by atoms with Crippen LogP contribution in [0.3, 0.4) is 0 Å². The molecule has 4 rings (SSSR count). The number of hydrogen-bond donors (Lipinski definition) is 1. The van der Waals surface area contributed by atoms with Crippen molar-refractivity contribution in [3.05, 3.63) is 47.2 Å². The molecule has 9 heteroatoms. The summed E-state index contributed by atoms with van der Waals surface area (Å²) in [6.45, 7) is 3.39. The highest BCUT2D eigenvalue weighted by molar-refractivity contribution is 7.15. The first-order valence-corrected chi connectivity index (χ1v) is 9.84. The predicted octanol–water partition coefficient (Wildman–Crippen LogP) is 1.71. The SMILES string of the molecule is O=C(Cn1nnnc1CN1CCCC1)NCc1cnc(-c2ccccc2)s1. The first kappa shape index (κ1) is 17.7. The van der Waals surface area contributed by atoms with Gasteiger partial charge < -0.3 is 5.32 Å². The highest BCUT2D eigenvalue weighted by atomic mass is 32.1. The van der Waals surface area contributed by atoms with Crippen LogP contribution in [0.4, 0.5) is 0 Å². The Labute approximate surface area is 161 Å². The monoisotopic (exact) mass is 383 g/mol. The van der Waals surface area contributed by atoms with E-state index in [1.54, 1.807) is 16.0 Å². The van der Waals surface area contributed by atoms with Crippen molar-refractivity contribution in [1.29, 1.82) is 0 Å². The number of rotatable bonds is 7. The van der Waals surface area contributed by atoms with E-state index >= 15 is 0 Å². The molecule has 3 aromatic rings. The zero-order valence-electron chi connectivity index (χ0n) is 14.9. The van der Waals surface area contributed by atoms with Crippen molar-refractivity contribution in [2.75, 3.05) is 13.1 Å². The number of nitrogens with zero attached hydrogens (tertiary/aromatic N) is 6. The number of benzene rings is 1. The van der Waals surface area contributed by atoms with Crippen LogP contribution >= 0.6 is 11.3 Å². The molecule has 0 bridgehead atoms. The molecule has 0 atom stereocenters. The Morgan fingerprint density at radius 2 is 2.00 bits per heavy atom. The second-order valence-corrected chi connectivity index (χ2v) is 7.63. The van der Waals surface area contributed by atoms with E-state index in [4.69, 9.17) is 0 Å². The van der Waals surface area contributed by atoms with E-state index in [2.05, 4.69) is 30.7 Å². The van der Waals surface area contributed by atoms with E-state index < -0.39 is 0 Å². The lowest BCUT2D eigenvalue weighted by Gasteiger charge is -2.13. The maximum Gasteiger partial charge on any atom is 0.242 e.